The second kappa shape index (κ2) is 7.42. The molecule has 0 spiro atoms. The van der Waals surface area contributed by atoms with Crippen molar-refractivity contribution in [1.82, 2.24) is 0 Å². The Hall–Kier alpha value is -2.76. The number of hydrogen-bond donors (Lipinski definition) is 3. The molecule has 0 radical (unpaired) electrons. The van der Waals surface area contributed by atoms with Gasteiger partial charge in [0.2, 0.25) is 0 Å². The second-order valence-corrected chi connectivity index (χ2v) is 5.88. The molecule has 5 heteroatoms. The van der Waals surface area contributed by atoms with E-state index in [1.165, 1.54) is 0 Å². The first-order valence-electron chi connectivity index (χ1n) is 8.03. The van der Waals surface area contributed by atoms with Gasteiger partial charge in [-0.05, 0) is 48.4 Å². The number of phenols is 1. The van der Waals surface area contributed by atoms with Crippen LogP contribution in [0.5, 0.6) is 11.5 Å². The Kier molecular flexibility index (Phi) is 5.07. The summed E-state index contributed by atoms with van der Waals surface area (Å²) in [5.74, 6) is 1.60. The highest BCUT2D eigenvalue weighted by atomic mass is 16.5. The molecule has 4 N–H and O–H groups in total. The lowest BCUT2D eigenvalue weighted by Gasteiger charge is -2.07. The van der Waals surface area contributed by atoms with Gasteiger partial charge in [0.05, 0.1) is 13.7 Å². The highest BCUT2D eigenvalue weighted by Crippen LogP contribution is 2.31. The molecule has 1 aromatic heterocycles. The molecule has 0 aliphatic carbocycles. The first kappa shape index (κ1) is 17.1. The van der Waals surface area contributed by atoms with Gasteiger partial charge in [0.15, 0.2) is 0 Å². The zero-order valence-corrected chi connectivity index (χ0v) is 14.0. The Labute approximate surface area is 146 Å². The number of methoxy groups -OCH3 is 1. The first-order valence-corrected chi connectivity index (χ1v) is 8.03. The third-order valence-corrected chi connectivity index (χ3v) is 4.03. The van der Waals surface area contributed by atoms with Gasteiger partial charge in [-0.2, -0.15) is 0 Å². The Balaban J connectivity index is 2.01. The predicted molar refractivity (Wildman–Crippen MR) is 98.6 cm³/mol. The van der Waals surface area contributed by atoms with Crippen molar-refractivity contribution in [1.29, 1.82) is 0 Å². The zero-order valence-electron chi connectivity index (χ0n) is 14.0. The average Bonchev–Trinajstić information content (AvgIpc) is 2.97. The van der Waals surface area contributed by atoms with Gasteiger partial charge >= 0.3 is 0 Å². The van der Waals surface area contributed by atoms with Crippen molar-refractivity contribution < 1.29 is 19.4 Å². The monoisotopic (exact) mass is 339 g/mol. The third kappa shape index (κ3) is 3.84. The van der Waals surface area contributed by atoms with Gasteiger partial charge < -0.3 is 25.1 Å². The molecule has 0 saturated carbocycles. The quantitative estimate of drug-likeness (QED) is 0.642. The zero-order chi connectivity index (χ0) is 17.8. The van der Waals surface area contributed by atoms with Crippen LogP contribution in [0.15, 0.2) is 46.9 Å². The molecule has 0 bridgehead atoms. The Morgan fingerprint density at radius 2 is 2.04 bits per heavy atom. The maximum absolute atomic E-state index is 9.77. The van der Waals surface area contributed by atoms with Crippen LogP contribution in [0.25, 0.3) is 23.1 Å². The lowest BCUT2D eigenvalue weighted by atomic mass is 10.0. The second-order valence-electron chi connectivity index (χ2n) is 5.88. The summed E-state index contributed by atoms with van der Waals surface area (Å²) in [6.45, 7) is -0.121. The Morgan fingerprint density at radius 3 is 2.80 bits per heavy atom. The number of furan rings is 1. The van der Waals surface area contributed by atoms with Crippen molar-refractivity contribution in [3.63, 3.8) is 0 Å². The topological polar surface area (TPSA) is 88.9 Å². The van der Waals surface area contributed by atoms with E-state index in [-0.39, 0.29) is 12.4 Å². The Bertz CT molecular complexity index is 898. The molecule has 2 aromatic carbocycles. The maximum atomic E-state index is 9.77. The van der Waals surface area contributed by atoms with Gasteiger partial charge in [0.1, 0.15) is 22.8 Å². The molecule has 1 unspecified atom stereocenters. The van der Waals surface area contributed by atoms with E-state index in [0.717, 1.165) is 22.3 Å². The number of benzene rings is 2. The molecule has 0 saturated heterocycles. The number of aromatic hydroxyl groups is 1. The predicted octanol–water partition coefficient (Wildman–Crippen LogP) is 3.18. The van der Waals surface area contributed by atoms with Crippen LogP contribution < -0.4 is 10.5 Å². The van der Waals surface area contributed by atoms with Gasteiger partial charge in [0, 0.05) is 17.0 Å². The van der Waals surface area contributed by atoms with Crippen LogP contribution in [0.3, 0.4) is 0 Å². The summed E-state index contributed by atoms with van der Waals surface area (Å²) in [6.07, 6.45) is 4.24. The van der Waals surface area contributed by atoms with Gasteiger partial charge in [-0.15, -0.1) is 0 Å². The van der Waals surface area contributed by atoms with Gasteiger partial charge in [0.25, 0.3) is 0 Å². The molecule has 0 amide bonds. The molecule has 0 aliphatic rings. The molecule has 5 nitrogen and oxygen atoms in total. The van der Waals surface area contributed by atoms with Crippen LogP contribution >= 0.6 is 0 Å². The van der Waals surface area contributed by atoms with Crippen molar-refractivity contribution in [2.24, 2.45) is 5.73 Å². The molecule has 1 atom stereocenters. The smallest absolute Gasteiger partial charge is 0.135 e. The molecular weight excluding hydrogens is 318 g/mol. The molecule has 25 heavy (non-hydrogen) atoms. The summed E-state index contributed by atoms with van der Waals surface area (Å²) >= 11 is 0. The standard InChI is InChI=1S/C20H21NO4/c1-24-16-4-2-3-13(9-16)5-7-19-17(10-14(21)12-22)18-11-15(23)6-8-20(18)25-19/h2-9,11,14,22-23H,10,12,21H2,1H3/b7-5+. The molecule has 1 heterocycles. The van der Waals surface area contributed by atoms with E-state index in [1.54, 1.807) is 25.3 Å². The van der Waals surface area contributed by atoms with E-state index < -0.39 is 6.04 Å². The highest BCUT2D eigenvalue weighted by Gasteiger charge is 2.15. The van der Waals surface area contributed by atoms with Crippen molar-refractivity contribution in [3.05, 3.63) is 59.4 Å². The summed E-state index contributed by atoms with van der Waals surface area (Å²) in [5, 5.41) is 19.8. The summed E-state index contributed by atoms with van der Waals surface area (Å²) in [6, 6.07) is 12.2. The minimum Gasteiger partial charge on any atom is -0.508 e. The fourth-order valence-electron chi connectivity index (χ4n) is 2.74. The summed E-state index contributed by atoms with van der Waals surface area (Å²) in [4.78, 5) is 0. The normalized spacial score (nSPS) is 12.8. The number of aliphatic hydroxyl groups excluding tert-OH is 1. The summed E-state index contributed by atoms with van der Waals surface area (Å²) in [5.41, 5.74) is 8.42. The summed E-state index contributed by atoms with van der Waals surface area (Å²) < 4.78 is 11.1. The van der Waals surface area contributed by atoms with Crippen LogP contribution in [0.1, 0.15) is 16.9 Å². The largest absolute Gasteiger partial charge is 0.508 e. The highest BCUT2D eigenvalue weighted by molar-refractivity contribution is 5.87. The molecule has 3 aromatic rings. The van der Waals surface area contributed by atoms with Crippen molar-refractivity contribution in [2.45, 2.75) is 12.5 Å². The molecular formula is C20H21NO4. The molecule has 0 aliphatic heterocycles. The lowest BCUT2D eigenvalue weighted by Crippen LogP contribution is -2.26. The van der Waals surface area contributed by atoms with Crippen LogP contribution in [-0.2, 0) is 6.42 Å². The number of rotatable bonds is 6. The van der Waals surface area contributed by atoms with Crippen LogP contribution in [0, 0.1) is 0 Å². The molecule has 0 fully saturated rings. The minimum atomic E-state index is -0.396. The van der Waals surface area contributed by atoms with E-state index in [2.05, 4.69) is 0 Å². The average molecular weight is 339 g/mol. The van der Waals surface area contributed by atoms with Gasteiger partial charge in [-0.3, -0.25) is 0 Å². The van der Waals surface area contributed by atoms with Gasteiger partial charge in [-0.25, -0.2) is 0 Å². The number of nitrogens with two attached hydrogens (primary N) is 1. The van der Waals surface area contributed by atoms with E-state index in [9.17, 15) is 10.2 Å². The van der Waals surface area contributed by atoms with Gasteiger partial charge in [-0.1, -0.05) is 18.2 Å². The number of hydrogen-bond acceptors (Lipinski definition) is 5. The van der Waals surface area contributed by atoms with Crippen molar-refractivity contribution in [2.75, 3.05) is 13.7 Å². The van der Waals surface area contributed by atoms with Crippen LogP contribution in [0.2, 0.25) is 0 Å². The van der Waals surface area contributed by atoms with E-state index in [4.69, 9.17) is 14.9 Å². The van der Waals surface area contributed by atoms with E-state index in [1.807, 2.05) is 36.4 Å². The number of fused-ring (bicyclic) bond motifs is 1. The van der Waals surface area contributed by atoms with Crippen LogP contribution in [0.4, 0.5) is 0 Å². The van der Waals surface area contributed by atoms with Crippen molar-refractivity contribution >= 4 is 23.1 Å². The fourth-order valence-corrected chi connectivity index (χ4v) is 2.74. The number of ether oxygens (including phenoxy) is 1. The van der Waals surface area contributed by atoms with Crippen molar-refractivity contribution in [3.8, 4) is 11.5 Å². The first-order chi connectivity index (χ1) is 12.1. The lowest BCUT2D eigenvalue weighted by molar-refractivity contribution is 0.265. The molecule has 130 valence electrons. The van der Waals surface area contributed by atoms with Crippen LogP contribution in [-0.4, -0.2) is 30.0 Å². The Morgan fingerprint density at radius 1 is 1.20 bits per heavy atom. The molecule has 3 rings (SSSR count). The third-order valence-electron chi connectivity index (χ3n) is 4.03. The van der Waals surface area contributed by atoms with E-state index >= 15 is 0 Å². The number of phenolic OH excluding ortho intramolecular Hbond substituents is 1. The number of aliphatic hydroxyl groups is 1. The minimum absolute atomic E-state index is 0.121. The maximum Gasteiger partial charge on any atom is 0.135 e. The van der Waals surface area contributed by atoms with E-state index in [0.29, 0.717) is 17.8 Å². The fraction of sp³-hybridized carbons (Fsp3) is 0.200. The SMILES string of the molecule is COc1cccc(/C=C/c2oc3ccc(O)cc3c2CC(N)CO)c1. The summed E-state index contributed by atoms with van der Waals surface area (Å²) in [7, 11) is 1.63.